The number of aryl methyl sites for hydroxylation is 3. The fraction of sp³-hybridized carbons (Fsp3) is 0.368. The number of furan rings is 1. The van der Waals surface area contributed by atoms with E-state index in [0.717, 1.165) is 52.6 Å². The first kappa shape index (κ1) is 15.0. The van der Waals surface area contributed by atoms with Crippen LogP contribution < -0.4 is 5.32 Å². The van der Waals surface area contributed by atoms with Gasteiger partial charge in [-0.3, -0.25) is 10.1 Å². The zero-order valence-corrected chi connectivity index (χ0v) is 14.1. The van der Waals surface area contributed by atoms with Gasteiger partial charge in [0, 0.05) is 16.5 Å². The number of rotatable bonds is 2. The van der Waals surface area contributed by atoms with Crippen LogP contribution in [0.15, 0.2) is 27.1 Å². The lowest BCUT2D eigenvalue weighted by atomic mass is 9.89. The number of aromatic nitrogens is 1. The number of nitrogens with zero attached hydrogens (tertiary/aromatic N) is 1. The fourth-order valence-electron chi connectivity index (χ4n) is 3.39. The summed E-state index contributed by atoms with van der Waals surface area (Å²) in [6.45, 7) is 6.10. The molecule has 1 amide bonds. The molecule has 1 aliphatic rings. The Balaban J connectivity index is 1.66. The van der Waals surface area contributed by atoms with Crippen LogP contribution in [0, 0.1) is 19.8 Å². The third-order valence-electron chi connectivity index (χ3n) is 4.82. The predicted molar refractivity (Wildman–Crippen MR) is 91.3 cm³/mol. The van der Waals surface area contributed by atoms with E-state index in [-0.39, 0.29) is 5.91 Å². The molecule has 5 heteroatoms. The highest BCUT2D eigenvalue weighted by atomic mass is 16.5. The van der Waals surface area contributed by atoms with Gasteiger partial charge in [0.2, 0.25) is 5.88 Å². The van der Waals surface area contributed by atoms with Crippen LogP contribution in [0.2, 0.25) is 0 Å². The zero-order valence-electron chi connectivity index (χ0n) is 14.1. The summed E-state index contributed by atoms with van der Waals surface area (Å²) in [6.07, 6.45) is 2.89. The van der Waals surface area contributed by atoms with Crippen LogP contribution in [0.4, 0.5) is 5.88 Å². The molecular formula is C19H20N2O3. The van der Waals surface area contributed by atoms with Crippen LogP contribution in [0.5, 0.6) is 0 Å². The number of fused-ring (bicyclic) bond motifs is 2. The summed E-state index contributed by atoms with van der Waals surface area (Å²) >= 11 is 0. The molecule has 1 aromatic carbocycles. The molecule has 124 valence electrons. The summed E-state index contributed by atoms with van der Waals surface area (Å²) in [6, 6.07) is 5.94. The Morgan fingerprint density at radius 1 is 1.33 bits per heavy atom. The maximum Gasteiger partial charge on any atom is 0.294 e. The molecule has 0 aliphatic heterocycles. The maximum absolute atomic E-state index is 12.7. The topological polar surface area (TPSA) is 68.3 Å². The van der Waals surface area contributed by atoms with Crippen molar-refractivity contribution in [2.24, 2.45) is 5.92 Å². The molecule has 2 heterocycles. The molecule has 0 saturated carbocycles. The van der Waals surface area contributed by atoms with Crippen molar-refractivity contribution in [1.29, 1.82) is 0 Å². The molecule has 24 heavy (non-hydrogen) atoms. The number of anilines is 1. The Hall–Kier alpha value is -2.56. The molecule has 3 aromatic rings. The molecule has 1 atom stereocenters. The molecule has 0 spiro atoms. The molecule has 0 radical (unpaired) electrons. The first-order chi connectivity index (χ1) is 11.5. The number of carbonyl (C=O) groups excluding carboxylic acids is 1. The van der Waals surface area contributed by atoms with E-state index in [1.807, 2.05) is 32.0 Å². The minimum Gasteiger partial charge on any atom is -0.451 e. The monoisotopic (exact) mass is 324 g/mol. The molecule has 1 unspecified atom stereocenters. The third kappa shape index (κ3) is 2.40. The van der Waals surface area contributed by atoms with Crippen molar-refractivity contribution in [3.63, 3.8) is 0 Å². The Morgan fingerprint density at radius 3 is 3.00 bits per heavy atom. The van der Waals surface area contributed by atoms with E-state index in [1.165, 1.54) is 0 Å². The average Bonchev–Trinajstić information content (AvgIpc) is 3.08. The number of hydrogen-bond donors (Lipinski definition) is 1. The van der Waals surface area contributed by atoms with Gasteiger partial charge in [0.15, 0.2) is 5.76 Å². The zero-order chi connectivity index (χ0) is 16.8. The van der Waals surface area contributed by atoms with E-state index in [4.69, 9.17) is 8.94 Å². The molecule has 2 aromatic heterocycles. The van der Waals surface area contributed by atoms with Crippen LogP contribution >= 0.6 is 0 Å². The minimum absolute atomic E-state index is 0.293. The highest BCUT2D eigenvalue weighted by Gasteiger charge is 2.26. The summed E-state index contributed by atoms with van der Waals surface area (Å²) in [7, 11) is 0. The fourth-order valence-corrected chi connectivity index (χ4v) is 3.39. The van der Waals surface area contributed by atoms with Crippen molar-refractivity contribution >= 4 is 22.8 Å². The van der Waals surface area contributed by atoms with E-state index in [1.54, 1.807) is 0 Å². The molecule has 0 bridgehead atoms. The van der Waals surface area contributed by atoms with Gasteiger partial charge >= 0.3 is 0 Å². The number of nitrogens with one attached hydrogen (secondary N) is 1. The smallest absolute Gasteiger partial charge is 0.294 e. The van der Waals surface area contributed by atoms with Crippen LogP contribution in [-0.2, 0) is 12.8 Å². The first-order valence-electron chi connectivity index (χ1n) is 8.31. The Bertz CT molecular complexity index is 936. The van der Waals surface area contributed by atoms with Gasteiger partial charge in [-0.25, -0.2) is 0 Å². The van der Waals surface area contributed by atoms with Gasteiger partial charge in [0.05, 0.1) is 5.69 Å². The minimum atomic E-state index is -0.293. The van der Waals surface area contributed by atoms with E-state index < -0.39 is 0 Å². The quantitative estimate of drug-likeness (QED) is 0.758. The highest BCUT2D eigenvalue weighted by molar-refractivity contribution is 6.06. The molecule has 5 nitrogen and oxygen atoms in total. The van der Waals surface area contributed by atoms with Crippen LogP contribution in [-0.4, -0.2) is 11.1 Å². The number of carbonyl (C=O) groups is 1. The van der Waals surface area contributed by atoms with Crippen molar-refractivity contribution in [3.05, 3.63) is 46.3 Å². The predicted octanol–water partition coefficient (Wildman–Crippen LogP) is 4.41. The average molecular weight is 324 g/mol. The number of amides is 1. The van der Waals surface area contributed by atoms with E-state index in [0.29, 0.717) is 17.6 Å². The number of hydrogen-bond acceptors (Lipinski definition) is 4. The summed E-state index contributed by atoms with van der Waals surface area (Å²) in [5.74, 6) is 1.06. The van der Waals surface area contributed by atoms with Gasteiger partial charge in [0.1, 0.15) is 5.58 Å². The molecule has 0 saturated heterocycles. The molecular weight excluding hydrogens is 304 g/mol. The maximum atomic E-state index is 12.7. The number of benzene rings is 1. The Kier molecular flexibility index (Phi) is 3.44. The summed E-state index contributed by atoms with van der Waals surface area (Å²) < 4.78 is 11.1. The SMILES string of the molecule is Cc1ccc2c(C)c(C(=O)Nc3onc4c3CC(C)CC4)oc2c1. The van der Waals surface area contributed by atoms with Crippen molar-refractivity contribution in [3.8, 4) is 0 Å². The van der Waals surface area contributed by atoms with E-state index in [9.17, 15) is 4.79 Å². The lowest BCUT2D eigenvalue weighted by Crippen LogP contribution is -2.16. The summed E-state index contributed by atoms with van der Waals surface area (Å²) in [5, 5.41) is 7.89. The van der Waals surface area contributed by atoms with Gasteiger partial charge in [0.25, 0.3) is 5.91 Å². The molecule has 1 N–H and O–H groups in total. The molecule has 1 aliphatic carbocycles. The van der Waals surface area contributed by atoms with Gasteiger partial charge in [-0.15, -0.1) is 0 Å². The van der Waals surface area contributed by atoms with Gasteiger partial charge in [-0.2, -0.15) is 0 Å². The van der Waals surface area contributed by atoms with Crippen LogP contribution in [0.25, 0.3) is 11.0 Å². The second-order valence-corrected chi connectivity index (χ2v) is 6.79. The largest absolute Gasteiger partial charge is 0.451 e. The molecule has 4 rings (SSSR count). The van der Waals surface area contributed by atoms with Crippen molar-refractivity contribution in [1.82, 2.24) is 5.16 Å². The van der Waals surface area contributed by atoms with E-state index >= 15 is 0 Å². The van der Waals surface area contributed by atoms with Gasteiger partial charge in [-0.05, 0) is 50.7 Å². The lowest BCUT2D eigenvalue weighted by molar-refractivity contribution is 0.0994. The normalized spacial score (nSPS) is 17.0. The van der Waals surface area contributed by atoms with Gasteiger partial charge in [-0.1, -0.05) is 24.2 Å². The van der Waals surface area contributed by atoms with Gasteiger partial charge < -0.3 is 8.94 Å². The van der Waals surface area contributed by atoms with Crippen LogP contribution in [0.1, 0.15) is 46.3 Å². The van der Waals surface area contributed by atoms with Crippen molar-refractivity contribution in [2.45, 2.75) is 40.0 Å². The lowest BCUT2D eigenvalue weighted by Gasteiger charge is -2.16. The van der Waals surface area contributed by atoms with Crippen molar-refractivity contribution < 1.29 is 13.7 Å². The van der Waals surface area contributed by atoms with Crippen molar-refractivity contribution in [2.75, 3.05) is 5.32 Å². The Morgan fingerprint density at radius 2 is 2.17 bits per heavy atom. The molecule has 0 fully saturated rings. The Labute approximate surface area is 140 Å². The summed E-state index contributed by atoms with van der Waals surface area (Å²) in [5.41, 5.74) is 4.64. The third-order valence-corrected chi connectivity index (χ3v) is 4.82. The van der Waals surface area contributed by atoms with Crippen LogP contribution in [0.3, 0.4) is 0 Å². The summed E-state index contributed by atoms with van der Waals surface area (Å²) in [4.78, 5) is 12.7. The van der Waals surface area contributed by atoms with E-state index in [2.05, 4.69) is 17.4 Å². The second-order valence-electron chi connectivity index (χ2n) is 6.79. The highest BCUT2D eigenvalue weighted by Crippen LogP contribution is 2.32. The second kappa shape index (κ2) is 5.51. The standard InChI is InChI=1S/C19H20N2O3/c1-10-5-7-15-14(8-10)19(24-21-15)20-18(22)17-12(3)13-6-4-11(2)9-16(13)23-17/h4,6,9-10H,5,7-8H2,1-3H3,(H,20,22). The first-order valence-corrected chi connectivity index (χ1v) is 8.31.